The Kier molecular flexibility index (Phi) is 3.19. The van der Waals surface area contributed by atoms with Gasteiger partial charge in [-0.15, -0.1) is 0 Å². The molecule has 1 heterocycles. The number of benzene rings is 1. The van der Waals surface area contributed by atoms with E-state index in [1.54, 1.807) is 17.0 Å². The van der Waals surface area contributed by atoms with Gasteiger partial charge in [0, 0.05) is 25.1 Å². The Hall–Kier alpha value is -1.42. The molecule has 1 aliphatic heterocycles. The van der Waals surface area contributed by atoms with Gasteiger partial charge in [-0.3, -0.25) is 4.79 Å². The standard InChI is InChI=1S/C12H15FN2O/c13-10-4-3-5-11(9(10)8-14)15-7-2-1-6-12(15)16/h3-5H,1-2,6-8,14H2. The topological polar surface area (TPSA) is 46.3 Å². The Bertz CT molecular complexity index is 406. The molecule has 2 rings (SSSR count). The zero-order valence-corrected chi connectivity index (χ0v) is 9.08. The lowest BCUT2D eigenvalue weighted by atomic mass is 10.1. The monoisotopic (exact) mass is 222 g/mol. The van der Waals surface area contributed by atoms with Crippen LogP contribution in [0.1, 0.15) is 24.8 Å². The fourth-order valence-electron chi connectivity index (χ4n) is 2.06. The third-order valence-electron chi connectivity index (χ3n) is 2.91. The summed E-state index contributed by atoms with van der Waals surface area (Å²) < 4.78 is 13.5. The first-order valence-corrected chi connectivity index (χ1v) is 5.52. The van der Waals surface area contributed by atoms with Gasteiger partial charge in [0.25, 0.3) is 0 Å². The molecule has 0 unspecified atom stereocenters. The van der Waals surface area contributed by atoms with E-state index in [2.05, 4.69) is 0 Å². The molecule has 0 aromatic heterocycles. The Morgan fingerprint density at radius 2 is 2.19 bits per heavy atom. The minimum absolute atomic E-state index is 0.0616. The molecule has 0 saturated carbocycles. The second-order valence-corrected chi connectivity index (χ2v) is 3.94. The molecule has 4 heteroatoms. The summed E-state index contributed by atoms with van der Waals surface area (Å²) in [6.07, 6.45) is 2.43. The van der Waals surface area contributed by atoms with Gasteiger partial charge >= 0.3 is 0 Å². The summed E-state index contributed by atoms with van der Waals surface area (Å²) >= 11 is 0. The predicted octanol–water partition coefficient (Wildman–Crippen LogP) is 1.80. The lowest BCUT2D eigenvalue weighted by molar-refractivity contribution is -0.119. The first-order valence-electron chi connectivity index (χ1n) is 5.52. The number of anilines is 1. The number of piperidine rings is 1. The average molecular weight is 222 g/mol. The molecule has 0 bridgehead atoms. The van der Waals surface area contributed by atoms with Crippen molar-refractivity contribution in [3.8, 4) is 0 Å². The van der Waals surface area contributed by atoms with E-state index in [0.29, 0.717) is 24.2 Å². The molecule has 16 heavy (non-hydrogen) atoms. The zero-order chi connectivity index (χ0) is 11.5. The molecule has 1 saturated heterocycles. The van der Waals surface area contributed by atoms with Crippen LogP contribution in [0.25, 0.3) is 0 Å². The molecule has 1 amide bonds. The van der Waals surface area contributed by atoms with Crippen molar-refractivity contribution in [3.05, 3.63) is 29.6 Å². The molecular weight excluding hydrogens is 207 g/mol. The summed E-state index contributed by atoms with van der Waals surface area (Å²) in [4.78, 5) is 13.4. The summed E-state index contributed by atoms with van der Waals surface area (Å²) in [5.74, 6) is -0.273. The van der Waals surface area contributed by atoms with Crippen molar-refractivity contribution in [1.82, 2.24) is 0 Å². The van der Waals surface area contributed by atoms with Gasteiger partial charge in [0.05, 0.1) is 5.69 Å². The summed E-state index contributed by atoms with van der Waals surface area (Å²) in [6.45, 7) is 0.779. The highest BCUT2D eigenvalue weighted by Crippen LogP contribution is 2.26. The molecule has 1 aliphatic rings. The average Bonchev–Trinajstić information content (AvgIpc) is 2.29. The maximum atomic E-state index is 13.5. The smallest absolute Gasteiger partial charge is 0.226 e. The molecule has 0 aliphatic carbocycles. The van der Waals surface area contributed by atoms with Gasteiger partial charge < -0.3 is 10.6 Å². The van der Waals surface area contributed by atoms with Crippen molar-refractivity contribution in [3.63, 3.8) is 0 Å². The lowest BCUT2D eigenvalue weighted by Gasteiger charge is -2.28. The van der Waals surface area contributed by atoms with E-state index in [1.165, 1.54) is 6.07 Å². The quantitative estimate of drug-likeness (QED) is 0.829. The van der Waals surface area contributed by atoms with Crippen molar-refractivity contribution >= 4 is 11.6 Å². The normalized spacial score (nSPS) is 16.6. The van der Waals surface area contributed by atoms with Gasteiger partial charge in [0.2, 0.25) is 5.91 Å². The number of hydrogen-bond donors (Lipinski definition) is 1. The highest BCUT2D eigenvalue weighted by molar-refractivity contribution is 5.94. The van der Waals surface area contributed by atoms with Gasteiger partial charge in [-0.25, -0.2) is 4.39 Å². The summed E-state index contributed by atoms with van der Waals surface area (Å²) in [6, 6.07) is 4.75. The van der Waals surface area contributed by atoms with Crippen molar-refractivity contribution in [2.45, 2.75) is 25.8 Å². The zero-order valence-electron chi connectivity index (χ0n) is 9.08. The summed E-state index contributed by atoms with van der Waals surface area (Å²) in [5, 5.41) is 0. The molecule has 3 nitrogen and oxygen atoms in total. The van der Waals surface area contributed by atoms with Crippen molar-refractivity contribution in [2.24, 2.45) is 5.73 Å². The van der Waals surface area contributed by atoms with E-state index in [1.807, 2.05) is 0 Å². The third kappa shape index (κ3) is 1.93. The molecule has 86 valence electrons. The molecular formula is C12H15FN2O. The van der Waals surface area contributed by atoms with E-state index < -0.39 is 0 Å². The largest absolute Gasteiger partial charge is 0.326 e. The number of nitrogens with zero attached hydrogens (tertiary/aromatic N) is 1. The van der Waals surface area contributed by atoms with Crippen molar-refractivity contribution in [2.75, 3.05) is 11.4 Å². The van der Waals surface area contributed by atoms with Crippen molar-refractivity contribution in [1.29, 1.82) is 0 Å². The van der Waals surface area contributed by atoms with Gasteiger partial charge in [-0.05, 0) is 25.0 Å². The molecule has 1 aromatic rings. The van der Waals surface area contributed by atoms with Gasteiger partial charge in [0.15, 0.2) is 0 Å². The van der Waals surface area contributed by atoms with Crippen LogP contribution >= 0.6 is 0 Å². The van der Waals surface area contributed by atoms with E-state index in [-0.39, 0.29) is 18.3 Å². The number of rotatable bonds is 2. The van der Waals surface area contributed by atoms with Crippen molar-refractivity contribution < 1.29 is 9.18 Å². The highest BCUT2D eigenvalue weighted by atomic mass is 19.1. The Morgan fingerprint density at radius 3 is 2.88 bits per heavy atom. The molecule has 2 N–H and O–H groups in total. The van der Waals surface area contributed by atoms with Crippen LogP contribution < -0.4 is 10.6 Å². The molecule has 0 spiro atoms. The number of amides is 1. The SMILES string of the molecule is NCc1c(F)cccc1N1CCCCC1=O. The van der Waals surface area contributed by atoms with E-state index >= 15 is 0 Å². The predicted molar refractivity (Wildman–Crippen MR) is 60.5 cm³/mol. The minimum Gasteiger partial charge on any atom is -0.326 e. The minimum atomic E-state index is -0.335. The summed E-state index contributed by atoms with van der Waals surface area (Å²) in [5.41, 5.74) is 6.59. The number of carbonyl (C=O) groups excluding carboxylic acids is 1. The van der Waals surface area contributed by atoms with E-state index in [0.717, 1.165) is 12.8 Å². The van der Waals surface area contributed by atoms with Crippen LogP contribution in [0.5, 0.6) is 0 Å². The van der Waals surface area contributed by atoms with Crippen LogP contribution in [0.3, 0.4) is 0 Å². The maximum Gasteiger partial charge on any atom is 0.226 e. The second kappa shape index (κ2) is 4.61. The number of carbonyl (C=O) groups is 1. The maximum absolute atomic E-state index is 13.5. The lowest BCUT2D eigenvalue weighted by Crippen LogP contribution is -2.36. The number of hydrogen-bond acceptors (Lipinski definition) is 2. The van der Waals surface area contributed by atoms with Crippen LogP contribution in [-0.4, -0.2) is 12.5 Å². The van der Waals surface area contributed by atoms with Gasteiger partial charge in [-0.1, -0.05) is 6.07 Å². The third-order valence-corrected chi connectivity index (χ3v) is 2.91. The molecule has 1 fully saturated rings. The molecule has 0 radical (unpaired) electrons. The van der Waals surface area contributed by atoms with E-state index in [9.17, 15) is 9.18 Å². The van der Waals surface area contributed by atoms with Gasteiger partial charge in [0.1, 0.15) is 5.82 Å². The fraction of sp³-hybridized carbons (Fsp3) is 0.417. The van der Waals surface area contributed by atoms with Crippen LogP contribution in [-0.2, 0) is 11.3 Å². The number of nitrogens with two attached hydrogens (primary N) is 1. The first kappa shape index (κ1) is 11.1. The van der Waals surface area contributed by atoms with Crippen LogP contribution in [0.4, 0.5) is 10.1 Å². The van der Waals surface area contributed by atoms with Gasteiger partial charge in [-0.2, -0.15) is 0 Å². The number of halogens is 1. The fourth-order valence-corrected chi connectivity index (χ4v) is 2.06. The first-order chi connectivity index (χ1) is 7.74. The highest BCUT2D eigenvalue weighted by Gasteiger charge is 2.22. The molecule has 0 atom stereocenters. The van der Waals surface area contributed by atoms with Crippen LogP contribution in [0.2, 0.25) is 0 Å². The van der Waals surface area contributed by atoms with Crippen LogP contribution in [0.15, 0.2) is 18.2 Å². The Morgan fingerprint density at radius 1 is 1.38 bits per heavy atom. The Labute approximate surface area is 94.0 Å². The second-order valence-electron chi connectivity index (χ2n) is 3.94. The van der Waals surface area contributed by atoms with E-state index in [4.69, 9.17) is 5.73 Å². The summed E-state index contributed by atoms with van der Waals surface area (Å²) in [7, 11) is 0. The molecule has 1 aromatic carbocycles. The Balaban J connectivity index is 2.38. The van der Waals surface area contributed by atoms with Crippen LogP contribution in [0, 0.1) is 5.82 Å².